The summed E-state index contributed by atoms with van der Waals surface area (Å²) in [5, 5.41) is 3.34. The summed E-state index contributed by atoms with van der Waals surface area (Å²) < 4.78 is 0.785. The fourth-order valence-corrected chi connectivity index (χ4v) is 3.66. The second-order valence-corrected chi connectivity index (χ2v) is 8.07. The predicted molar refractivity (Wildman–Crippen MR) is 101 cm³/mol. The molecular weight excluding hydrogens is 346 g/mol. The number of amides is 1. The summed E-state index contributed by atoms with van der Waals surface area (Å²) in [6, 6.07) is 3.90. The molecule has 1 fully saturated rings. The summed E-state index contributed by atoms with van der Waals surface area (Å²) in [5.74, 6) is 0.615. The van der Waals surface area contributed by atoms with Gasteiger partial charge in [0, 0.05) is 37.6 Å². The van der Waals surface area contributed by atoms with Gasteiger partial charge in [0.05, 0.1) is 16.4 Å². The summed E-state index contributed by atoms with van der Waals surface area (Å²) in [5.41, 5.74) is 4.90. The third kappa shape index (κ3) is 4.62. The van der Waals surface area contributed by atoms with Gasteiger partial charge in [0.25, 0.3) is 0 Å². The van der Waals surface area contributed by atoms with Gasteiger partial charge in [-0.15, -0.1) is 11.3 Å². The van der Waals surface area contributed by atoms with Gasteiger partial charge < -0.3 is 16.0 Å². The second kappa shape index (κ2) is 8.18. The normalized spacial score (nSPS) is 17.2. The van der Waals surface area contributed by atoms with Gasteiger partial charge in [0.15, 0.2) is 5.96 Å². The van der Waals surface area contributed by atoms with Crippen LogP contribution in [0.2, 0.25) is 4.34 Å². The van der Waals surface area contributed by atoms with E-state index in [1.54, 1.807) is 11.3 Å². The van der Waals surface area contributed by atoms with Gasteiger partial charge in [0.1, 0.15) is 0 Å². The van der Waals surface area contributed by atoms with E-state index in [0.29, 0.717) is 6.54 Å². The molecule has 1 aliphatic rings. The van der Waals surface area contributed by atoms with Gasteiger partial charge in [-0.25, -0.2) is 4.99 Å². The standard InChI is InChI=1S/C16H26ClN5OS/c1-4-19-15(20-11-12-5-6-13(17)24-12)21-7-9-22(10-8-21)16(2,3)14(18)23/h5-6H,4,7-11H2,1-3H3,(H2,18,23)(H,19,20). The number of rotatable bonds is 5. The van der Waals surface area contributed by atoms with Crippen LogP contribution >= 0.6 is 22.9 Å². The fourth-order valence-electron chi connectivity index (χ4n) is 2.65. The molecule has 1 aromatic heterocycles. The fraction of sp³-hybridized carbons (Fsp3) is 0.625. The van der Waals surface area contributed by atoms with Crippen LogP contribution in [0, 0.1) is 0 Å². The maximum Gasteiger partial charge on any atom is 0.237 e. The molecule has 134 valence electrons. The molecule has 0 saturated carbocycles. The van der Waals surface area contributed by atoms with Crippen molar-refractivity contribution in [3.63, 3.8) is 0 Å². The van der Waals surface area contributed by atoms with Crippen LogP contribution in [0.4, 0.5) is 0 Å². The molecular formula is C16H26ClN5OS. The first-order chi connectivity index (χ1) is 11.3. The first-order valence-corrected chi connectivity index (χ1v) is 9.36. The van der Waals surface area contributed by atoms with Crippen molar-refractivity contribution in [1.82, 2.24) is 15.1 Å². The number of hydrogen-bond acceptors (Lipinski definition) is 4. The molecule has 0 aromatic carbocycles. The number of thiophene rings is 1. The Morgan fingerprint density at radius 2 is 2.04 bits per heavy atom. The van der Waals surface area contributed by atoms with E-state index in [4.69, 9.17) is 22.3 Å². The van der Waals surface area contributed by atoms with Gasteiger partial charge in [0.2, 0.25) is 5.91 Å². The van der Waals surface area contributed by atoms with E-state index in [0.717, 1.165) is 47.9 Å². The maximum atomic E-state index is 11.6. The van der Waals surface area contributed by atoms with Gasteiger partial charge in [-0.2, -0.15) is 0 Å². The van der Waals surface area contributed by atoms with Crippen LogP contribution in [-0.4, -0.2) is 59.9 Å². The van der Waals surface area contributed by atoms with Gasteiger partial charge in [-0.1, -0.05) is 11.6 Å². The van der Waals surface area contributed by atoms with Crippen LogP contribution in [0.15, 0.2) is 17.1 Å². The van der Waals surface area contributed by atoms with Crippen LogP contribution in [0.3, 0.4) is 0 Å². The minimum absolute atomic E-state index is 0.286. The predicted octanol–water partition coefficient (Wildman–Crippen LogP) is 1.75. The van der Waals surface area contributed by atoms with Crippen molar-refractivity contribution < 1.29 is 4.79 Å². The molecule has 0 bridgehead atoms. The zero-order valence-electron chi connectivity index (χ0n) is 14.5. The number of piperazine rings is 1. The topological polar surface area (TPSA) is 74.0 Å². The third-order valence-corrected chi connectivity index (χ3v) is 5.54. The highest BCUT2D eigenvalue weighted by Gasteiger charge is 2.35. The lowest BCUT2D eigenvalue weighted by atomic mass is 10.0. The number of hydrogen-bond donors (Lipinski definition) is 2. The van der Waals surface area contributed by atoms with E-state index in [1.165, 1.54) is 0 Å². The first-order valence-electron chi connectivity index (χ1n) is 8.17. The van der Waals surface area contributed by atoms with Crippen molar-refractivity contribution >= 4 is 34.8 Å². The third-order valence-electron chi connectivity index (χ3n) is 4.32. The summed E-state index contributed by atoms with van der Waals surface area (Å²) in [6.07, 6.45) is 0. The van der Waals surface area contributed by atoms with E-state index in [-0.39, 0.29) is 5.91 Å². The number of aliphatic imine (C=N–C) groups is 1. The number of nitrogens with zero attached hydrogens (tertiary/aromatic N) is 3. The van der Waals surface area contributed by atoms with Gasteiger partial charge >= 0.3 is 0 Å². The van der Waals surface area contributed by atoms with E-state index in [1.807, 2.05) is 26.0 Å². The molecule has 0 atom stereocenters. The van der Waals surface area contributed by atoms with E-state index in [2.05, 4.69) is 22.0 Å². The monoisotopic (exact) mass is 371 g/mol. The van der Waals surface area contributed by atoms with Crippen molar-refractivity contribution in [3.8, 4) is 0 Å². The Kier molecular flexibility index (Phi) is 6.48. The summed E-state index contributed by atoms with van der Waals surface area (Å²) in [4.78, 5) is 21.8. The van der Waals surface area contributed by atoms with Gasteiger partial charge in [-0.05, 0) is 32.9 Å². The van der Waals surface area contributed by atoms with Crippen molar-refractivity contribution in [2.75, 3.05) is 32.7 Å². The van der Waals surface area contributed by atoms with Crippen molar-refractivity contribution in [3.05, 3.63) is 21.3 Å². The molecule has 2 heterocycles. The number of carbonyl (C=O) groups is 1. The molecule has 0 unspecified atom stereocenters. The SMILES string of the molecule is CCNC(=NCc1ccc(Cl)s1)N1CCN(C(C)(C)C(N)=O)CC1. The minimum Gasteiger partial charge on any atom is -0.368 e. The van der Waals surface area contributed by atoms with Crippen molar-refractivity contribution in [1.29, 1.82) is 0 Å². The van der Waals surface area contributed by atoms with E-state index < -0.39 is 5.54 Å². The number of carbonyl (C=O) groups excluding carboxylic acids is 1. The lowest BCUT2D eigenvalue weighted by Gasteiger charge is -2.43. The van der Waals surface area contributed by atoms with Crippen LogP contribution in [-0.2, 0) is 11.3 Å². The molecule has 2 rings (SSSR count). The lowest BCUT2D eigenvalue weighted by Crippen LogP contribution is -2.61. The molecule has 1 amide bonds. The molecule has 1 aromatic rings. The molecule has 0 aliphatic carbocycles. The van der Waals surface area contributed by atoms with Crippen LogP contribution in [0.25, 0.3) is 0 Å². The number of halogens is 1. The zero-order valence-corrected chi connectivity index (χ0v) is 16.1. The summed E-state index contributed by atoms with van der Waals surface area (Å²) in [6.45, 7) is 10.4. The second-order valence-electron chi connectivity index (χ2n) is 6.27. The Hall–Kier alpha value is -1.31. The largest absolute Gasteiger partial charge is 0.368 e. The van der Waals surface area contributed by atoms with E-state index in [9.17, 15) is 4.79 Å². The number of nitrogens with two attached hydrogens (primary N) is 1. The number of guanidine groups is 1. The molecule has 1 aliphatic heterocycles. The van der Waals surface area contributed by atoms with Crippen molar-refractivity contribution in [2.45, 2.75) is 32.9 Å². The Morgan fingerprint density at radius 3 is 2.54 bits per heavy atom. The molecule has 1 saturated heterocycles. The Bertz CT molecular complexity index is 593. The molecule has 8 heteroatoms. The highest BCUT2D eigenvalue weighted by molar-refractivity contribution is 7.16. The van der Waals surface area contributed by atoms with Crippen LogP contribution in [0.1, 0.15) is 25.6 Å². The quantitative estimate of drug-likeness (QED) is 0.610. The number of primary amides is 1. The van der Waals surface area contributed by atoms with Crippen LogP contribution < -0.4 is 11.1 Å². The Morgan fingerprint density at radius 1 is 1.38 bits per heavy atom. The Labute approximate surface area is 152 Å². The number of nitrogens with one attached hydrogen (secondary N) is 1. The first kappa shape index (κ1) is 19.0. The van der Waals surface area contributed by atoms with Crippen LogP contribution in [0.5, 0.6) is 0 Å². The van der Waals surface area contributed by atoms with Gasteiger partial charge in [-0.3, -0.25) is 9.69 Å². The van der Waals surface area contributed by atoms with Crippen molar-refractivity contribution in [2.24, 2.45) is 10.7 Å². The molecule has 0 spiro atoms. The minimum atomic E-state index is -0.616. The average Bonchev–Trinajstić information content (AvgIpc) is 2.97. The molecule has 6 nitrogen and oxygen atoms in total. The average molecular weight is 372 g/mol. The molecule has 0 radical (unpaired) electrons. The molecule has 24 heavy (non-hydrogen) atoms. The zero-order chi connectivity index (χ0) is 17.7. The highest BCUT2D eigenvalue weighted by atomic mass is 35.5. The highest BCUT2D eigenvalue weighted by Crippen LogP contribution is 2.22. The summed E-state index contributed by atoms with van der Waals surface area (Å²) >= 11 is 7.52. The van der Waals surface area contributed by atoms with E-state index >= 15 is 0 Å². The Balaban J connectivity index is 1.99. The molecule has 3 N–H and O–H groups in total. The maximum absolute atomic E-state index is 11.6. The smallest absolute Gasteiger partial charge is 0.237 e. The lowest BCUT2D eigenvalue weighted by molar-refractivity contribution is -0.129. The summed E-state index contributed by atoms with van der Waals surface area (Å²) in [7, 11) is 0.